The highest BCUT2D eigenvalue weighted by Crippen LogP contribution is 2.16. The first-order valence-corrected chi connectivity index (χ1v) is 10.3. The van der Waals surface area contributed by atoms with Gasteiger partial charge in [-0.05, 0) is 50.5 Å². The molecule has 0 aliphatic rings. The molecule has 30 heavy (non-hydrogen) atoms. The van der Waals surface area contributed by atoms with Crippen molar-refractivity contribution in [2.45, 2.75) is 54.9 Å². The zero-order chi connectivity index (χ0) is 23.9. The molecular formula is C29H42O. The SMILES string of the molecule is C=C.C=C(C)CC.C=O.CC.Cc1ccc(C)cc1.Cc1cccc2ccccc12. The van der Waals surface area contributed by atoms with Gasteiger partial charge in [-0.15, -0.1) is 19.7 Å². The van der Waals surface area contributed by atoms with E-state index in [1.54, 1.807) is 0 Å². The molecule has 0 unspecified atom stereocenters. The van der Waals surface area contributed by atoms with Crippen LogP contribution in [0.1, 0.15) is 50.8 Å². The van der Waals surface area contributed by atoms with E-state index in [9.17, 15) is 0 Å². The first-order chi connectivity index (χ1) is 14.4. The van der Waals surface area contributed by atoms with E-state index in [1.807, 2.05) is 27.6 Å². The Morgan fingerprint density at radius 1 is 0.733 bits per heavy atom. The number of carbonyl (C=O) groups excluding carboxylic acids is 1. The van der Waals surface area contributed by atoms with Crippen LogP contribution in [0.15, 0.2) is 92.0 Å². The Labute approximate surface area is 186 Å². The Morgan fingerprint density at radius 2 is 1.10 bits per heavy atom. The molecule has 0 aliphatic carbocycles. The molecule has 0 heterocycles. The lowest BCUT2D eigenvalue weighted by molar-refractivity contribution is -0.0979. The van der Waals surface area contributed by atoms with E-state index >= 15 is 0 Å². The number of hydrogen-bond donors (Lipinski definition) is 0. The van der Waals surface area contributed by atoms with Crippen LogP contribution in [0.2, 0.25) is 0 Å². The Morgan fingerprint density at radius 3 is 1.47 bits per heavy atom. The third-order valence-corrected chi connectivity index (χ3v) is 3.83. The van der Waals surface area contributed by atoms with Gasteiger partial charge in [-0.1, -0.05) is 104 Å². The monoisotopic (exact) mass is 406 g/mol. The van der Waals surface area contributed by atoms with Crippen LogP contribution in [-0.4, -0.2) is 6.79 Å². The zero-order valence-electron chi connectivity index (χ0n) is 20.3. The number of allylic oxidation sites excluding steroid dienone is 1. The highest BCUT2D eigenvalue weighted by Gasteiger charge is 1.92. The van der Waals surface area contributed by atoms with Crippen molar-refractivity contribution in [2.75, 3.05) is 0 Å². The smallest absolute Gasteiger partial charge is 0.106 e. The van der Waals surface area contributed by atoms with E-state index in [-0.39, 0.29) is 0 Å². The second kappa shape index (κ2) is 22.4. The molecule has 0 radical (unpaired) electrons. The predicted molar refractivity (Wildman–Crippen MR) is 139 cm³/mol. The summed E-state index contributed by atoms with van der Waals surface area (Å²) in [6, 6.07) is 23.3. The van der Waals surface area contributed by atoms with E-state index in [0.29, 0.717) is 0 Å². The van der Waals surface area contributed by atoms with Gasteiger partial charge in [-0.3, -0.25) is 0 Å². The number of aryl methyl sites for hydroxylation is 3. The first kappa shape index (κ1) is 31.8. The van der Waals surface area contributed by atoms with Gasteiger partial charge in [0.25, 0.3) is 0 Å². The minimum absolute atomic E-state index is 1.11. The molecule has 0 amide bonds. The van der Waals surface area contributed by atoms with Crippen molar-refractivity contribution in [3.05, 3.63) is 109 Å². The van der Waals surface area contributed by atoms with Crippen molar-refractivity contribution >= 4 is 17.6 Å². The molecule has 0 aromatic heterocycles. The van der Waals surface area contributed by atoms with Crippen LogP contribution in [0.25, 0.3) is 10.8 Å². The minimum atomic E-state index is 1.11. The van der Waals surface area contributed by atoms with Crippen LogP contribution >= 0.6 is 0 Å². The summed E-state index contributed by atoms with van der Waals surface area (Å²) in [5.74, 6) is 0. The van der Waals surface area contributed by atoms with Crippen LogP contribution in [-0.2, 0) is 4.79 Å². The average Bonchev–Trinajstić information content (AvgIpc) is 2.81. The van der Waals surface area contributed by atoms with Gasteiger partial charge < -0.3 is 4.79 Å². The summed E-state index contributed by atoms with van der Waals surface area (Å²) in [5, 5.41) is 2.68. The molecule has 0 saturated heterocycles. The standard InChI is InChI=1S/C11H10.C8H10.C5H10.C2H6.C2H4.CH2O/c1-9-5-4-7-10-6-2-3-8-11(9)10;1-7-3-5-8(2)6-4-7;1-4-5(2)3;3*1-2/h2-8H,1H3;3-6H,1-2H3;2,4H2,1,3H3;1-2H3;1-2H2;1H2. The summed E-state index contributed by atoms with van der Waals surface area (Å²) >= 11 is 0. The van der Waals surface area contributed by atoms with Crippen LogP contribution in [0.3, 0.4) is 0 Å². The fourth-order valence-electron chi connectivity index (χ4n) is 2.02. The van der Waals surface area contributed by atoms with E-state index < -0.39 is 0 Å². The number of rotatable bonds is 1. The number of carbonyl (C=O) groups is 1. The summed E-state index contributed by atoms with van der Waals surface area (Å²) in [7, 11) is 0. The van der Waals surface area contributed by atoms with Crippen molar-refractivity contribution in [1.82, 2.24) is 0 Å². The topological polar surface area (TPSA) is 17.1 Å². The van der Waals surface area contributed by atoms with Crippen LogP contribution in [0, 0.1) is 20.8 Å². The zero-order valence-corrected chi connectivity index (χ0v) is 20.3. The molecule has 3 rings (SSSR count). The summed E-state index contributed by atoms with van der Waals surface area (Å²) in [6.45, 7) is 26.1. The minimum Gasteiger partial charge on any atom is -0.307 e. The Bertz CT molecular complexity index is 757. The van der Waals surface area contributed by atoms with E-state index in [2.05, 4.69) is 114 Å². The van der Waals surface area contributed by atoms with Crippen molar-refractivity contribution in [3.63, 3.8) is 0 Å². The highest BCUT2D eigenvalue weighted by molar-refractivity contribution is 5.85. The first-order valence-electron chi connectivity index (χ1n) is 10.3. The largest absolute Gasteiger partial charge is 0.307 e. The van der Waals surface area contributed by atoms with E-state index in [0.717, 1.165) is 6.42 Å². The Kier molecular flexibility index (Phi) is 23.7. The normalized spacial score (nSPS) is 7.97. The molecule has 0 N–H and O–H groups in total. The molecule has 0 spiro atoms. The van der Waals surface area contributed by atoms with Crippen molar-refractivity contribution in [1.29, 1.82) is 0 Å². The van der Waals surface area contributed by atoms with E-state index in [4.69, 9.17) is 4.79 Å². The third-order valence-electron chi connectivity index (χ3n) is 3.83. The van der Waals surface area contributed by atoms with Crippen molar-refractivity contribution in [3.8, 4) is 0 Å². The van der Waals surface area contributed by atoms with Gasteiger partial charge in [0.15, 0.2) is 0 Å². The van der Waals surface area contributed by atoms with Gasteiger partial charge in [0.2, 0.25) is 0 Å². The number of fused-ring (bicyclic) bond motifs is 1. The molecule has 3 aromatic rings. The fourth-order valence-corrected chi connectivity index (χ4v) is 2.02. The van der Waals surface area contributed by atoms with Crippen molar-refractivity contribution < 1.29 is 4.79 Å². The molecule has 0 aliphatic heterocycles. The summed E-state index contributed by atoms with van der Waals surface area (Å²) in [6.07, 6.45) is 1.11. The predicted octanol–water partition coefficient (Wildman–Crippen LogP) is 9.07. The molecule has 1 heteroatoms. The molecule has 0 bridgehead atoms. The van der Waals surface area contributed by atoms with Gasteiger partial charge in [0.05, 0.1) is 0 Å². The van der Waals surface area contributed by atoms with Gasteiger partial charge in [-0.2, -0.15) is 0 Å². The maximum Gasteiger partial charge on any atom is 0.106 e. The van der Waals surface area contributed by atoms with Crippen LogP contribution in [0.4, 0.5) is 0 Å². The lowest BCUT2D eigenvalue weighted by Crippen LogP contribution is -1.75. The number of benzene rings is 3. The maximum atomic E-state index is 8.00. The molecule has 164 valence electrons. The summed E-state index contributed by atoms with van der Waals surface area (Å²) in [4.78, 5) is 8.00. The van der Waals surface area contributed by atoms with Gasteiger partial charge >= 0.3 is 0 Å². The molecule has 1 nitrogen and oxygen atoms in total. The Hall–Kier alpha value is -2.93. The van der Waals surface area contributed by atoms with Gasteiger partial charge in [0, 0.05) is 0 Å². The fraction of sp³-hybridized carbons (Fsp3) is 0.276. The molecular weight excluding hydrogens is 364 g/mol. The van der Waals surface area contributed by atoms with Crippen LogP contribution in [0.5, 0.6) is 0 Å². The second-order valence-electron chi connectivity index (χ2n) is 6.26. The van der Waals surface area contributed by atoms with Gasteiger partial charge in [-0.25, -0.2) is 0 Å². The maximum absolute atomic E-state index is 8.00. The molecule has 0 saturated carbocycles. The van der Waals surface area contributed by atoms with E-state index in [1.165, 1.54) is 33.0 Å². The van der Waals surface area contributed by atoms with Crippen LogP contribution < -0.4 is 0 Å². The summed E-state index contributed by atoms with van der Waals surface area (Å²) in [5.41, 5.74) is 5.26. The molecule has 0 fully saturated rings. The summed E-state index contributed by atoms with van der Waals surface area (Å²) < 4.78 is 0. The Balaban J connectivity index is -0.000000341. The van der Waals surface area contributed by atoms with Gasteiger partial charge in [0.1, 0.15) is 6.79 Å². The highest BCUT2D eigenvalue weighted by atomic mass is 16.1. The average molecular weight is 407 g/mol. The third kappa shape index (κ3) is 16.1. The molecule has 0 atom stereocenters. The second-order valence-corrected chi connectivity index (χ2v) is 6.26. The quantitative estimate of drug-likeness (QED) is 0.368. The lowest BCUT2D eigenvalue weighted by Gasteiger charge is -1.98. The molecule has 3 aromatic carbocycles. The number of hydrogen-bond acceptors (Lipinski definition) is 1. The lowest BCUT2D eigenvalue weighted by atomic mass is 10.1. The van der Waals surface area contributed by atoms with Crippen molar-refractivity contribution in [2.24, 2.45) is 0 Å².